The zero-order valence-corrected chi connectivity index (χ0v) is 9.22. The first-order valence-electron chi connectivity index (χ1n) is 4.71. The Morgan fingerprint density at radius 1 is 1.38 bits per heavy atom. The molecular weight excluding hydrogens is 221 g/mol. The van der Waals surface area contributed by atoms with E-state index in [4.69, 9.17) is 0 Å². The van der Waals surface area contributed by atoms with Crippen LogP contribution in [0.15, 0.2) is 18.3 Å². The van der Waals surface area contributed by atoms with Crippen LogP contribution >= 0.6 is 0 Å². The highest BCUT2D eigenvalue weighted by Gasteiger charge is 2.38. The number of halogens is 3. The monoisotopic (exact) mass is 234 g/mol. The summed E-state index contributed by atoms with van der Waals surface area (Å²) >= 11 is 0. The number of nitrogens with zero attached hydrogens (tertiary/aromatic N) is 1. The normalized spacial score (nSPS) is 10.1. The Hall–Kier alpha value is -1.59. The van der Waals surface area contributed by atoms with Gasteiger partial charge in [-0.3, -0.25) is 9.78 Å². The molecule has 0 aromatic carbocycles. The lowest BCUT2D eigenvalue weighted by Crippen LogP contribution is -2.30. The zero-order valence-electron chi connectivity index (χ0n) is 9.22. The maximum absolute atomic E-state index is 11.8. The van der Waals surface area contributed by atoms with E-state index in [0.717, 1.165) is 0 Å². The number of alkyl halides is 3. The summed E-state index contributed by atoms with van der Waals surface area (Å²) in [6.45, 7) is 5.51. The zero-order chi connectivity index (χ0) is 12.8. The average molecular weight is 234 g/mol. The van der Waals surface area contributed by atoms with Gasteiger partial charge in [0.25, 0.3) is 0 Å². The van der Waals surface area contributed by atoms with Gasteiger partial charge in [0.1, 0.15) is 0 Å². The summed E-state index contributed by atoms with van der Waals surface area (Å²) < 4.78 is 35.5. The van der Waals surface area contributed by atoms with Crippen molar-refractivity contribution in [3.63, 3.8) is 0 Å². The fourth-order valence-electron chi connectivity index (χ4n) is 0.810. The van der Waals surface area contributed by atoms with Crippen molar-refractivity contribution >= 4 is 11.6 Å². The lowest BCUT2D eigenvalue weighted by atomic mass is 10.3. The van der Waals surface area contributed by atoms with Gasteiger partial charge in [0, 0.05) is 6.20 Å². The van der Waals surface area contributed by atoms with Crippen molar-refractivity contribution in [3.8, 4) is 0 Å². The van der Waals surface area contributed by atoms with E-state index in [1.165, 1.54) is 25.3 Å². The number of carbonyl (C=O) groups excluding carboxylic acids is 1. The number of hydrogen-bond donors (Lipinski definition) is 1. The molecule has 1 aromatic heterocycles. The van der Waals surface area contributed by atoms with Crippen molar-refractivity contribution in [1.29, 1.82) is 0 Å². The number of aromatic nitrogens is 1. The molecule has 0 fully saturated rings. The second kappa shape index (κ2) is 6.09. The highest BCUT2D eigenvalue weighted by atomic mass is 19.4. The molecule has 1 aromatic rings. The van der Waals surface area contributed by atoms with Crippen molar-refractivity contribution in [2.75, 3.05) is 5.32 Å². The van der Waals surface area contributed by atoms with Crippen LogP contribution in [0.2, 0.25) is 0 Å². The lowest BCUT2D eigenvalue weighted by Gasteiger charge is -2.08. The highest BCUT2D eigenvalue weighted by molar-refractivity contribution is 5.95. The molecule has 0 spiro atoms. The van der Waals surface area contributed by atoms with E-state index in [1.54, 1.807) is 5.32 Å². The summed E-state index contributed by atoms with van der Waals surface area (Å²) in [7, 11) is 0. The molecule has 0 saturated heterocycles. The predicted octanol–water partition coefficient (Wildman–Crippen LogP) is 2.92. The molecule has 1 N–H and O–H groups in total. The van der Waals surface area contributed by atoms with Gasteiger partial charge < -0.3 is 5.32 Å². The second-order valence-electron chi connectivity index (χ2n) is 2.59. The number of rotatable bonds is 1. The fraction of sp³-hybridized carbons (Fsp3) is 0.400. The lowest BCUT2D eigenvalue weighted by molar-refractivity contribution is -0.167. The number of nitrogens with one attached hydrogen (secondary N) is 1. The Morgan fingerprint density at radius 2 is 1.94 bits per heavy atom. The van der Waals surface area contributed by atoms with Crippen molar-refractivity contribution in [3.05, 3.63) is 24.0 Å². The number of amides is 1. The maximum atomic E-state index is 11.8. The maximum Gasteiger partial charge on any atom is 0.471 e. The van der Waals surface area contributed by atoms with Crippen molar-refractivity contribution < 1.29 is 18.0 Å². The van der Waals surface area contributed by atoms with Crippen LogP contribution in [0.3, 0.4) is 0 Å². The average Bonchev–Trinajstić information content (AvgIpc) is 2.23. The van der Waals surface area contributed by atoms with Crippen molar-refractivity contribution in [2.24, 2.45) is 0 Å². The molecule has 0 unspecified atom stereocenters. The third-order valence-electron chi connectivity index (χ3n) is 1.51. The molecule has 1 heterocycles. The first-order valence-corrected chi connectivity index (χ1v) is 4.71. The molecule has 1 amide bonds. The number of hydrogen-bond acceptors (Lipinski definition) is 2. The van der Waals surface area contributed by atoms with Gasteiger partial charge in [-0.1, -0.05) is 13.8 Å². The number of pyridine rings is 1. The van der Waals surface area contributed by atoms with Gasteiger partial charge in [-0.05, 0) is 19.1 Å². The van der Waals surface area contributed by atoms with E-state index >= 15 is 0 Å². The van der Waals surface area contributed by atoms with Crippen molar-refractivity contribution in [2.45, 2.75) is 26.9 Å². The fourth-order valence-corrected chi connectivity index (χ4v) is 0.810. The Kier molecular flexibility index (Phi) is 5.49. The summed E-state index contributed by atoms with van der Waals surface area (Å²) in [5, 5.41) is 1.72. The molecular formula is C10H13F3N2O. The Balaban J connectivity index is 0.00000106. The van der Waals surface area contributed by atoms with E-state index in [2.05, 4.69) is 4.98 Å². The molecule has 16 heavy (non-hydrogen) atoms. The van der Waals surface area contributed by atoms with E-state index in [-0.39, 0.29) is 5.69 Å². The number of anilines is 1. The highest BCUT2D eigenvalue weighted by Crippen LogP contribution is 2.19. The van der Waals surface area contributed by atoms with E-state index < -0.39 is 12.1 Å². The number of carbonyl (C=O) groups is 1. The standard InChI is InChI=1S/C8H7F3N2O.C2H6/c1-5-6(3-2-4-12-5)13-7(14)8(9,10)11;1-2/h2-4H,1H3,(H,13,14);1-2H3. The Labute approximate surface area is 91.7 Å². The van der Waals surface area contributed by atoms with Crippen LogP contribution < -0.4 is 5.32 Å². The predicted molar refractivity (Wildman–Crippen MR) is 55.0 cm³/mol. The molecule has 0 radical (unpaired) electrons. The van der Waals surface area contributed by atoms with Crippen LogP contribution in [-0.4, -0.2) is 17.1 Å². The molecule has 0 aliphatic carbocycles. The van der Waals surface area contributed by atoms with Gasteiger partial charge in [0.2, 0.25) is 0 Å². The van der Waals surface area contributed by atoms with Gasteiger partial charge in [0.05, 0.1) is 11.4 Å². The summed E-state index contributed by atoms with van der Waals surface area (Å²) in [6, 6.07) is 2.80. The smallest absolute Gasteiger partial charge is 0.317 e. The molecule has 0 aliphatic rings. The summed E-state index contributed by atoms with van der Waals surface area (Å²) in [5.74, 6) is -1.99. The molecule has 6 heteroatoms. The Bertz CT molecular complexity index is 350. The molecule has 0 bridgehead atoms. The van der Waals surface area contributed by atoms with Gasteiger partial charge in [-0.15, -0.1) is 0 Å². The third kappa shape index (κ3) is 4.29. The molecule has 90 valence electrons. The van der Waals surface area contributed by atoms with Gasteiger partial charge in [0.15, 0.2) is 0 Å². The summed E-state index contributed by atoms with van der Waals surface area (Å²) in [5.41, 5.74) is 0.403. The molecule has 0 aliphatic heterocycles. The topological polar surface area (TPSA) is 42.0 Å². The second-order valence-corrected chi connectivity index (χ2v) is 2.59. The van der Waals surface area contributed by atoms with E-state index in [9.17, 15) is 18.0 Å². The van der Waals surface area contributed by atoms with Crippen LogP contribution in [0.4, 0.5) is 18.9 Å². The minimum atomic E-state index is -4.87. The largest absolute Gasteiger partial charge is 0.471 e. The van der Waals surface area contributed by atoms with Crippen LogP contribution in [0.1, 0.15) is 19.5 Å². The molecule has 1 rings (SSSR count). The van der Waals surface area contributed by atoms with Crippen LogP contribution in [0.25, 0.3) is 0 Å². The van der Waals surface area contributed by atoms with Crippen molar-refractivity contribution in [1.82, 2.24) is 4.98 Å². The SMILES string of the molecule is CC.Cc1ncccc1NC(=O)C(F)(F)F. The van der Waals surface area contributed by atoms with E-state index in [1.807, 2.05) is 13.8 Å². The molecule has 0 atom stereocenters. The minimum Gasteiger partial charge on any atom is -0.317 e. The van der Waals surface area contributed by atoms with E-state index in [0.29, 0.717) is 5.69 Å². The molecule has 3 nitrogen and oxygen atoms in total. The van der Waals surface area contributed by atoms with Gasteiger partial charge >= 0.3 is 12.1 Å². The van der Waals surface area contributed by atoms with Crippen LogP contribution in [0, 0.1) is 6.92 Å². The Morgan fingerprint density at radius 3 is 2.38 bits per heavy atom. The van der Waals surface area contributed by atoms with Gasteiger partial charge in [-0.2, -0.15) is 13.2 Å². The minimum absolute atomic E-state index is 0.0647. The summed E-state index contributed by atoms with van der Waals surface area (Å²) in [4.78, 5) is 14.3. The quantitative estimate of drug-likeness (QED) is 0.811. The van der Waals surface area contributed by atoms with Crippen LogP contribution in [0.5, 0.6) is 0 Å². The van der Waals surface area contributed by atoms with Crippen LogP contribution in [-0.2, 0) is 4.79 Å². The number of aryl methyl sites for hydroxylation is 1. The van der Waals surface area contributed by atoms with Gasteiger partial charge in [-0.25, -0.2) is 0 Å². The third-order valence-corrected chi connectivity index (χ3v) is 1.51. The first-order chi connectivity index (χ1) is 7.41. The molecule has 0 saturated carbocycles. The first kappa shape index (κ1) is 14.4. The summed E-state index contributed by atoms with van der Waals surface area (Å²) in [6.07, 6.45) is -3.44.